The third-order valence-corrected chi connectivity index (χ3v) is 1.92. The Bertz CT molecular complexity index is 384. The van der Waals surface area contributed by atoms with Gasteiger partial charge in [-0.25, -0.2) is 0 Å². The number of nitrogens with one attached hydrogen (secondary N) is 1. The molecule has 1 aromatic rings. The highest BCUT2D eigenvalue weighted by Crippen LogP contribution is 2.04. The van der Waals surface area contributed by atoms with Crippen molar-refractivity contribution in [3.8, 4) is 0 Å². The maximum atomic E-state index is 11.5. The van der Waals surface area contributed by atoms with Gasteiger partial charge in [0.25, 0.3) is 0 Å². The van der Waals surface area contributed by atoms with Gasteiger partial charge in [0.2, 0.25) is 5.91 Å². The summed E-state index contributed by atoms with van der Waals surface area (Å²) in [5, 5.41) is 17.6. The number of anilines is 1. The molecule has 0 spiro atoms. The van der Waals surface area contributed by atoms with Crippen LogP contribution < -0.4 is 11.1 Å². The number of amidine groups is 1. The normalized spacial score (nSPS) is 13.6. The van der Waals surface area contributed by atoms with E-state index in [9.17, 15) is 4.79 Å². The number of aryl methyl sites for hydroxylation is 1. The van der Waals surface area contributed by atoms with Gasteiger partial charge in [-0.15, -0.1) is 0 Å². The fourth-order valence-corrected chi connectivity index (χ4v) is 0.937. The Morgan fingerprint density at radius 2 is 2.47 bits per heavy atom. The largest absolute Gasteiger partial charge is 0.409 e. The Hall–Kier alpha value is -2.05. The van der Waals surface area contributed by atoms with Gasteiger partial charge in [-0.1, -0.05) is 5.16 Å². The number of carbonyl (C=O) groups is 1. The van der Waals surface area contributed by atoms with Crippen molar-refractivity contribution >= 4 is 17.6 Å². The summed E-state index contributed by atoms with van der Waals surface area (Å²) < 4.78 is 1.56. The van der Waals surface area contributed by atoms with Crippen molar-refractivity contribution in [2.45, 2.75) is 6.92 Å². The molecule has 82 valence electrons. The van der Waals surface area contributed by atoms with E-state index in [0.717, 1.165) is 0 Å². The minimum absolute atomic E-state index is 0.136. The molecule has 1 aromatic heterocycles. The molecule has 0 aliphatic rings. The zero-order valence-electron chi connectivity index (χ0n) is 8.51. The molecule has 0 saturated carbocycles. The zero-order chi connectivity index (χ0) is 11.4. The van der Waals surface area contributed by atoms with Crippen LogP contribution in [0, 0.1) is 5.92 Å². The number of nitrogens with zero attached hydrogens (tertiary/aromatic N) is 3. The molecule has 1 unspecified atom stereocenters. The zero-order valence-corrected chi connectivity index (χ0v) is 8.51. The van der Waals surface area contributed by atoms with Gasteiger partial charge in [0, 0.05) is 19.3 Å². The molecular formula is C8H13N5O2. The average molecular weight is 211 g/mol. The maximum Gasteiger partial charge on any atom is 0.236 e. The van der Waals surface area contributed by atoms with Gasteiger partial charge in [0.15, 0.2) is 11.7 Å². The number of nitrogens with two attached hydrogens (primary N) is 1. The van der Waals surface area contributed by atoms with E-state index in [0.29, 0.717) is 5.82 Å². The summed E-state index contributed by atoms with van der Waals surface area (Å²) in [4.78, 5) is 11.5. The predicted molar refractivity (Wildman–Crippen MR) is 54.4 cm³/mol. The first-order valence-corrected chi connectivity index (χ1v) is 4.32. The van der Waals surface area contributed by atoms with Crippen LogP contribution in [0.2, 0.25) is 0 Å². The second-order valence-electron chi connectivity index (χ2n) is 3.11. The molecule has 0 aromatic carbocycles. The topological polar surface area (TPSA) is 106 Å². The van der Waals surface area contributed by atoms with Crippen molar-refractivity contribution in [3.05, 3.63) is 12.3 Å². The number of amides is 1. The fourth-order valence-electron chi connectivity index (χ4n) is 0.937. The second kappa shape index (κ2) is 4.45. The molecule has 1 rings (SSSR count). The third kappa shape index (κ3) is 2.70. The van der Waals surface area contributed by atoms with E-state index in [1.807, 2.05) is 0 Å². The van der Waals surface area contributed by atoms with Crippen LogP contribution in [0.3, 0.4) is 0 Å². The number of aromatic nitrogens is 2. The summed E-state index contributed by atoms with van der Waals surface area (Å²) in [5.74, 6) is -0.774. The van der Waals surface area contributed by atoms with Gasteiger partial charge in [-0.2, -0.15) is 5.10 Å². The standard InChI is InChI=1S/C8H13N5O2/c1-5(7(9)12-15)8(14)10-6-3-4-13(2)11-6/h3-5,15H,1-2H3,(H2,9,12)(H,10,11,14). The van der Waals surface area contributed by atoms with E-state index in [2.05, 4.69) is 15.6 Å². The average Bonchev–Trinajstić information content (AvgIpc) is 2.61. The van der Waals surface area contributed by atoms with Crippen LogP contribution in [-0.4, -0.2) is 26.7 Å². The fraction of sp³-hybridized carbons (Fsp3) is 0.375. The lowest BCUT2D eigenvalue weighted by atomic mass is 10.1. The molecule has 1 amide bonds. The van der Waals surface area contributed by atoms with Crippen LogP contribution in [0.1, 0.15) is 6.92 Å². The van der Waals surface area contributed by atoms with E-state index in [1.54, 1.807) is 24.0 Å². The summed E-state index contributed by atoms with van der Waals surface area (Å²) in [7, 11) is 1.74. The highest BCUT2D eigenvalue weighted by atomic mass is 16.4. The smallest absolute Gasteiger partial charge is 0.236 e. The Balaban J connectivity index is 2.64. The van der Waals surface area contributed by atoms with Crippen molar-refractivity contribution in [3.63, 3.8) is 0 Å². The highest BCUT2D eigenvalue weighted by molar-refractivity contribution is 6.06. The van der Waals surface area contributed by atoms with Crippen molar-refractivity contribution in [2.75, 3.05) is 5.32 Å². The van der Waals surface area contributed by atoms with Crippen LogP contribution in [-0.2, 0) is 11.8 Å². The number of oxime groups is 1. The van der Waals surface area contributed by atoms with Gasteiger partial charge < -0.3 is 16.3 Å². The minimum atomic E-state index is -0.697. The van der Waals surface area contributed by atoms with E-state index in [4.69, 9.17) is 10.9 Å². The van der Waals surface area contributed by atoms with Gasteiger partial charge in [-0.3, -0.25) is 9.48 Å². The second-order valence-corrected chi connectivity index (χ2v) is 3.11. The van der Waals surface area contributed by atoms with Gasteiger partial charge in [-0.05, 0) is 6.92 Å². The van der Waals surface area contributed by atoms with Crippen molar-refractivity contribution in [1.82, 2.24) is 9.78 Å². The van der Waals surface area contributed by atoms with Gasteiger partial charge in [0.1, 0.15) is 0 Å². The number of carbonyl (C=O) groups excluding carboxylic acids is 1. The lowest BCUT2D eigenvalue weighted by Crippen LogP contribution is -2.32. The molecule has 1 heterocycles. The summed E-state index contributed by atoms with van der Waals surface area (Å²) in [6.07, 6.45) is 1.70. The van der Waals surface area contributed by atoms with Crippen LogP contribution in [0.4, 0.5) is 5.82 Å². The molecule has 0 fully saturated rings. The lowest BCUT2D eigenvalue weighted by Gasteiger charge is -2.08. The molecular weight excluding hydrogens is 198 g/mol. The molecule has 4 N–H and O–H groups in total. The predicted octanol–water partition coefficient (Wildman–Crippen LogP) is -0.259. The van der Waals surface area contributed by atoms with Crippen molar-refractivity contribution in [2.24, 2.45) is 23.9 Å². The molecule has 0 aliphatic carbocycles. The first kappa shape index (κ1) is 11.0. The quantitative estimate of drug-likeness (QED) is 0.277. The molecule has 7 nitrogen and oxygen atoms in total. The van der Waals surface area contributed by atoms with Crippen LogP contribution >= 0.6 is 0 Å². The number of hydrogen-bond acceptors (Lipinski definition) is 4. The van der Waals surface area contributed by atoms with Crippen molar-refractivity contribution in [1.29, 1.82) is 0 Å². The van der Waals surface area contributed by atoms with E-state index in [1.165, 1.54) is 6.92 Å². The Morgan fingerprint density at radius 1 is 1.80 bits per heavy atom. The Kier molecular flexibility index (Phi) is 3.27. The summed E-state index contributed by atoms with van der Waals surface area (Å²) in [6, 6.07) is 1.65. The number of hydrogen-bond donors (Lipinski definition) is 3. The van der Waals surface area contributed by atoms with E-state index in [-0.39, 0.29) is 11.7 Å². The number of rotatable bonds is 3. The third-order valence-electron chi connectivity index (χ3n) is 1.92. The van der Waals surface area contributed by atoms with E-state index >= 15 is 0 Å². The summed E-state index contributed by atoms with van der Waals surface area (Å²) in [5.41, 5.74) is 5.29. The molecule has 1 atom stereocenters. The first-order valence-electron chi connectivity index (χ1n) is 4.32. The molecule has 15 heavy (non-hydrogen) atoms. The van der Waals surface area contributed by atoms with Crippen molar-refractivity contribution < 1.29 is 10.0 Å². The first-order chi connectivity index (χ1) is 7.04. The summed E-state index contributed by atoms with van der Waals surface area (Å²) in [6.45, 7) is 1.54. The van der Waals surface area contributed by atoms with Gasteiger partial charge >= 0.3 is 0 Å². The highest BCUT2D eigenvalue weighted by Gasteiger charge is 2.18. The van der Waals surface area contributed by atoms with Crippen LogP contribution in [0.25, 0.3) is 0 Å². The Labute approximate surface area is 86.6 Å². The summed E-state index contributed by atoms with van der Waals surface area (Å²) >= 11 is 0. The molecule has 0 radical (unpaired) electrons. The minimum Gasteiger partial charge on any atom is -0.409 e. The molecule has 0 saturated heterocycles. The lowest BCUT2D eigenvalue weighted by molar-refractivity contribution is -0.117. The van der Waals surface area contributed by atoms with Gasteiger partial charge in [0.05, 0.1) is 5.92 Å². The van der Waals surface area contributed by atoms with Crippen LogP contribution in [0.15, 0.2) is 17.4 Å². The molecule has 7 heteroatoms. The van der Waals surface area contributed by atoms with E-state index < -0.39 is 5.92 Å². The molecule has 0 aliphatic heterocycles. The van der Waals surface area contributed by atoms with Crippen LogP contribution in [0.5, 0.6) is 0 Å². The molecule has 0 bridgehead atoms. The SMILES string of the molecule is CC(C(=O)Nc1ccn(C)n1)C(N)=NO. The Morgan fingerprint density at radius 3 is 2.93 bits per heavy atom. The maximum absolute atomic E-state index is 11.5. The monoisotopic (exact) mass is 211 g/mol.